The number of carbonyl (C=O) groups is 1. The van der Waals surface area contributed by atoms with Crippen molar-refractivity contribution in [3.8, 4) is 5.75 Å². The number of hydrogen-bond donors (Lipinski definition) is 1. The predicted octanol–water partition coefficient (Wildman–Crippen LogP) is 3.30. The van der Waals surface area contributed by atoms with Gasteiger partial charge in [-0.1, -0.05) is 6.07 Å². The SMILES string of the molecule is CC(=O)N1CCOc2ccc(S(=O)(=O)Nc3ccc(C)cc3Br)cc21. The van der Waals surface area contributed by atoms with Crippen LogP contribution in [0.25, 0.3) is 0 Å². The highest BCUT2D eigenvalue weighted by Gasteiger charge is 2.25. The molecule has 0 atom stereocenters. The van der Waals surface area contributed by atoms with Gasteiger partial charge in [0, 0.05) is 11.4 Å². The first kappa shape index (κ1) is 17.8. The molecule has 0 saturated carbocycles. The molecule has 2 aromatic rings. The molecule has 8 heteroatoms. The van der Waals surface area contributed by atoms with Crippen molar-refractivity contribution in [1.82, 2.24) is 0 Å². The number of anilines is 2. The molecule has 132 valence electrons. The van der Waals surface area contributed by atoms with Crippen molar-refractivity contribution in [3.63, 3.8) is 0 Å². The third-order valence-electron chi connectivity index (χ3n) is 3.85. The first-order valence-corrected chi connectivity index (χ1v) is 9.89. The van der Waals surface area contributed by atoms with Crippen molar-refractivity contribution in [2.24, 2.45) is 0 Å². The van der Waals surface area contributed by atoms with E-state index in [1.54, 1.807) is 12.1 Å². The first-order chi connectivity index (χ1) is 11.8. The maximum absolute atomic E-state index is 12.7. The summed E-state index contributed by atoms with van der Waals surface area (Å²) in [6.45, 7) is 4.14. The van der Waals surface area contributed by atoms with Crippen LogP contribution in [0.4, 0.5) is 11.4 Å². The van der Waals surface area contributed by atoms with Gasteiger partial charge in [0.1, 0.15) is 12.4 Å². The molecule has 2 aromatic carbocycles. The smallest absolute Gasteiger partial charge is 0.262 e. The molecule has 0 radical (unpaired) electrons. The maximum atomic E-state index is 12.7. The van der Waals surface area contributed by atoms with E-state index in [4.69, 9.17) is 4.74 Å². The molecule has 0 bridgehead atoms. The van der Waals surface area contributed by atoms with Crippen LogP contribution in [0.2, 0.25) is 0 Å². The van der Waals surface area contributed by atoms with Gasteiger partial charge in [-0.25, -0.2) is 8.42 Å². The maximum Gasteiger partial charge on any atom is 0.262 e. The molecular weight excluding hydrogens is 408 g/mol. The highest BCUT2D eigenvalue weighted by Crippen LogP contribution is 2.35. The van der Waals surface area contributed by atoms with Gasteiger partial charge in [0.05, 0.1) is 22.8 Å². The third kappa shape index (κ3) is 3.64. The Morgan fingerprint density at radius 1 is 1.24 bits per heavy atom. The predicted molar refractivity (Wildman–Crippen MR) is 99.7 cm³/mol. The van der Waals surface area contributed by atoms with Crippen LogP contribution in [-0.2, 0) is 14.8 Å². The molecule has 0 unspecified atom stereocenters. The van der Waals surface area contributed by atoms with Gasteiger partial charge >= 0.3 is 0 Å². The minimum absolute atomic E-state index is 0.0653. The fraction of sp³-hybridized carbons (Fsp3) is 0.235. The Kier molecular flexibility index (Phi) is 4.75. The van der Waals surface area contributed by atoms with Crippen molar-refractivity contribution < 1.29 is 17.9 Å². The molecule has 0 spiro atoms. The van der Waals surface area contributed by atoms with Gasteiger partial charge in [-0.2, -0.15) is 0 Å². The number of aryl methyl sites for hydroxylation is 1. The lowest BCUT2D eigenvalue weighted by Crippen LogP contribution is -2.36. The first-order valence-electron chi connectivity index (χ1n) is 7.62. The highest BCUT2D eigenvalue weighted by molar-refractivity contribution is 9.10. The highest BCUT2D eigenvalue weighted by atomic mass is 79.9. The van der Waals surface area contributed by atoms with E-state index < -0.39 is 10.0 Å². The van der Waals surface area contributed by atoms with Crippen molar-refractivity contribution in [3.05, 3.63) is 46.4 Å². The second kappa shape index (κ2) is 6.68. The number of benzene rings is 2. The van der Waals surface area contributed by atoms with Crippen LogP contribution in [0, 0.1) is 6.92 Å². The van der Waals surface area contributed by atoms with Crippen LogP contribution in [0.5, 0.6) is 5.75 Å². The Balaban J connectivity index is 1.98. The van der Waals surface area contributed by atoms with Crippen LogP contribution in [-0.4, -0.2) is 27.5 Å². The molecule has 25 heavy (non-hydrogen) atoms. The average molecular weight is 425 g/mol. The summed E-state index contributed by atoms with van der Waals surface area (Å²) in [6, 6.07) is 9.84. The number of amides is 1. The van der Waals surface area contributed by atoms with Gasteiger partial charge in [-0.15, -0.1) is 0 Å². The average Bonchev–Trinajstić information content (AvgIpc) is 2.56. The summed E-state index contributed by atoms with van der Waals surface area (Å²) in [5.41, 5.74) is 1.92. The molecule has 3 rings (SSSR count). The lowest BCUT2D eigenvalue weighted by molar-refractivity contribution is -0.116. The van der Waals surface area contributed by atoms with E-state index in [0.29, 0.717) is 34.7 Å². The molecule has 1 heterocycles. The fourth-order valence-corrected chi connectivity index (χ4v) is 4.42. The molecule has 0 aliphatic carbocycles. The molecule has 6 nitrogen and oxygen atoms in total. The summed E-state index contributed by atoms with van der Waals surface area (Å²) in [4.78, 5) is 13.4. The van der Waals surface area contributed by atoms with Gasteiger partial charge in [-0.05, 0) is 58.7 Å². The zero-order chi connectivity index (χ0) is 18.2. The van der Waals surface area contributed by atoms with E-state index in [-0.39, 0.29) is 10.8 Å². The van der Waals surface area contributed by atoms with E-state index in [9.17, 15) is 13.2 Å². The molecule has 1 amide bonds. The van der Waals surface area contributed by atoms with Crippen molar-refractivity contribution >= 4 is 43.2 Å². The van der Waals surface area contributed by atoms with E-state index in [0.717, 1.165) is 5.56 Å². The zero-order valence-electron chi connectivity index (χ0n) is 13.7. The standard InChI is InChI=1S/C17H17BrN2O4S/c1-11-3-5-15(14(18)9-11)19-25(22,23)13-4-6-17-16(10-13)20(12(2)21)7-8-24-17/h3-6,9-10,19H,7-8H2,1-2H3. The Hall–Kier alpha value is -2.06. The van der Waals surface area contributed by atoms with E-state index in [2.05, 4.69) is 20.7 Å². The van der Waals surface area contributed by atoms with Crippen LogP contribution >= 0.6 is 15.9 Å². The number of nitrogens with zero attached hydrogens (tertiary/aromatic N) is 1. The molecule has 1 N–H and O–H groups in total. The van der Waals surface area contributed by atoms with Crippen molar-refractivity contribution in [2.45, 2.75) is 18.7 Å². The van der Waals surface area contributed by atoms with Crippen LogP contribution < -0.4 is 14.4 Å². The topological polar surface area (TPSA) is 75.7 Å². The summed E-state index contributed by atoms with van der Waals surface area (Å²) in [5, 5.41) is 0. The van der Waals surface area contributed by atoms with Crippen LogP contribution in [0.3, 0.4) is 0 Å². The Morgan fingerprint density at radius 2 is 2.00 bits per heavy atom. The number of hydrogen-bond acceptors (Lipinski definition) is 4. The van der Waals surface area contributed by atoms with Gasteiger partial charge in [-0.3, -0.25) is 9.52 Å². The summed E-state index contributed by atoms with van der Waals surface area (Å²) < 4.78 is 34.2. The summed E-state index contributed by atoms with van der Waals surface area (Å²) >= 11 is 3.36. The zero-order valence-corrected chi connectivity index (χ0v) is 16.1. The van der Waals surface area contributed by atoms with E-state index in [1.165, 1.54) is 24.0 Å². The van der Waals surface area contributed by atoms with Gasteiger partial charge in [0.2, 0.25) is 5.91 Å². The van der Waals surface area contributed by atoms with Gasteiger partial charge < -0.3 is 9.64 Å². The lowest BCUT2D eigenvalue weighted by atomic mass is 10.2. The number of ether oxygens (including phenoxy) is 1. The number of sulfonamides is 1. The molecule has 0 saturated heterocycles. The number of halogens is 1. The fourth-order valence-electron chi connectivity index (χ4n) is 2.60. The monoisotopic (exact) mass is 424 g/mol. The van der Waals surface area contributed by atoms with Crippen molar-refractivity contribution in [1.29, 1.82) is 0 Å². The molecular formula is C17H17BrN2O4S. The normalized spacial score (nSPS) is 13.8. The van der Waals surface area contributed by atoms with Crippen LogP contribution in [0.1, 0.15) is 12.5 Å². The van der Waals surface area contributed by atoms with E-state index >= 15 is 0 Å². The quantitative estimate of drug-likeness (QED) is 0.819. The third-order valence-corrected chi connectivity index (χ3v) is 5.87. The Bertz CT molecular complexity index is 944. The van der Waals surface area contributed by atoms with E-state index in [1.807, 2.05) is 19.1 Å². The molecule has 0 fully saturated rings. The molecule has 0 aromatic heterocycles. The second-order valence-corrected chi connectivity index (χ2v) is 8.27. The minimum atomic E-state index is -3.80. The number of nitrogens with one attached hydrogen (secondary N) is 1. The number of carbonyl (C=O) groups excluding carboxylic acids is 1. The number of fused-ring (bicyclic) bond motifs is 1. The number of rotatable bonds is 3. The summed E-state index contributed by atoms with van der Waals surface area (Å²) in [6.07, 6.45) is 0. The van der Waals surface area contributed by atoms with Gasteiger partial charge in [0.25, 0.3) is 10.0 Å². The summed E-state index contributed by atoms with van der Waals surface area (Å²) in [5.74, 6) is 0.338. The van der Waals surface area contributed by atoms with Gasteiger partial charge in [0.15, 0.2) is 0 Å². The van der Waals surface area contributed by atoms with Crippen LogP contribution in [0.15, 0.2) is 45.8 Å². The Morgan fingerprint density at radius 3 is 2.68 bits per heavy atom. The largest absolute Gasteiger partial charge is 0.490 e. The minimum Gasteiger partial charge on any atom is -0.490 e. The van der Waals surface area contributed by atoms with Crippen molar-refractivity contribution in [2.75, 3.05) is 22.8 Å². The second-order valence-electron chi connectivity index (χ2n) is 5.74. The molecule has 1 aliphatic rings. The Labute approximate surface area is 155 Å². The lowest BCUT2D eigenvalue weighted by Gasteiger charge is -2.29. The molecule has 1 aliphatic heterocycles. The summed E-state index contributed by atoms with van der Waals surface area (Å²) in [7, 11) is -3.80.